The van der Waals surface area contributed by atoms with Crippen molar-refractivity contribution in [3.63, 3.8) is 0 Å². The molecule has 45 heavy (non-hydrogen) atoms. The first-order chi connectivity index (χ1) is 22.3. The van der Waals surface area contributed by atoms with Crippen molar-refractivity contribution in [2.24, 2.45) is 0 Å². The summed E-state index contributed by atoms with van der Waals surface area (Å²) in [5.41, 5.74) is 11.2. The third-order valence-corrected chi connectivity index (χ3v) is 9.32. The maximum absolute atomic E-state index is 6.37. The van der Waals surface area contributed by atoms with Crippen LogP contribution in [0.2, 0.25) is 0 Å². The van der Waals surface area contributed by atoms with Gasteiger partial charge < -0.3 is 13.6 Å². The second kappa shape index (κ2) is 9.22. The molecule has 0 saturated heterocycles. The van der Waals surface area contributed by atoms with Crippen molar-refractivity contribution in [3.8, 4) is 22.5 Å². The quantitative estimate of drug-likeness (QED) is 0.206. The van der Waals surface area contributed by atoms with E-state index >= 15 is 0 Å². The first-order valence-electron chi connectivity index (χ1n) is 15.4. The summed E-state index contributed by atoms with van der Waals surface area (Å²) in [7, 11) is 0. The molecular formula is C42H26N2O. The van der Waals surface area contributed by atoms with Crippen LogP contribution >= 0.6 is 0 Å². The molecule has 0 saturated carbocycles. The first kappa shape index (κ1) is 24.4. The van der Waals surface area contributed by atoms with Crippen LogP contribution in [0.15, 0.2) is 162 Å². The van der Waals surface area contributed by atoms with Gasteiger partial charge in [-0.2, -0.15) is 0 Å². The molecule has 0 N–H and O–H groups in total. The van der Waals surface area contributed by atoms with Crippen LogP contribution in [-0.4, -0.2) is 9.13 Å². The van der Waals surface area contributed by atoms with Crippen LogP contribution < -0.4 is 0 Å². The molecule has 3 heterocycles. The highest BCUT2D eigenvalue weighted by molar-refractivity contribution is 6.24. The number of benzene rings is 7. The maximum Gasteiger partial charge on any atom is 0.137 e. The fourth-order valence-electron chi connectivity index (χ4n) is 7.44. The Morgan fingerprint density at radius 1 is 0.400 bits per heavy atom. The lowest BCUT2D eigenvalue weighted by molar-refractivity contribution is 0.669. The van der Waals surface area contributed by atoms with Crippen LogP contribution in [0.5, 0.6) is 0 Å². The topological polar surface area (TPSA) is 23.0 Å². The van der Waals surface area contributed by atoms with E-state index in [0.717, 1.165) is 33.3 Å². The van der Waals surface area contributed by atoms with Gasteiger partial charge in [0.15, 0.2) is 0 Å². The van der Waals surface area contributed by atoms with Crippen molar-refractivity contribution in [3.05, 3.63) is 158 Å². The molecule has 0 radical (unpaired) electrons. The van der Waals surface area contributed by atoms with Gasteiger partial charge in [0.2, 0.25) is 0 Å². The maximum atomic E-state index is 6.37. The lowest BCUT2D eigenvalue weighted by Gasteiger charge is -2.16. The van der Waals surface area contributed by atoms with Gasteiger partial charge in [0.1, 0.15) is 11.2 Å². The molecular weight excluding hydrogens is 548 g/mol. The third-order valence-electron chi connectivity index (χ3n) is 9.32. The smallest absolute Gasteiger partial charge is 0.137 e. The predicted molar refractivity (Wildman–Crippen MR) is 188 cm³/mol. The van der Waals surface area contributed by atoms with Gasteiger partial charge in [0.25, 0.3) is 0 Å². The standard InChI is InChI=1S/C42H26N2O/c1-6-19-35(44-38-22-9-4-17-32(38)33-24-25-40-41(42(33)44)34-18-5-10-23-39(34)45-40)29(14-1)27-12-11-13-28(26-27)43-36-20-7-2-15-30(36)31-16-3-8-21-37(31)43/h1-26H. The van der Waals surface area contributed by atoms with Crippen LogP contribution in [0.1, 0.15) is 0 Å². The summed E-state index contributed by atoms with van der Waals surface area (Å²) in [5.74, 6) is 0. The zero-order valence-corrected chi connectivity index (χ0v) is 24.3. The lowest BCUT2D eigenvalue weighted by Crippen LogP contribution is -1.98. The van der Waals surface area contributed by atoms with E-state index in [-0.39, 0.29) is 0 Å². The van der Waals surface area contributed by atoms with Gasteiger partial charge in [-0.3, -0.25) is 0 Å². The Balaban J connectivity index is 1.28. The van der Waals surface area contributed by atoms with Crippen LogP contribution in [0.4, 0.5) is 0 Å². The van der Waals surface area contributed by atoms with E-state index in [1.54, 1.807) is 0 Å². The third kappa shape index (κ3) is 3.41. The van der Waals surface area contributed by atoms with Crippen molar-refractivity contribution >= 4 is 65.6 Å². The molecule has 3 aromatic heterocycles. The predicted octanol–water partition coefficient (Wildman–Crippen LogP) is 11.4. The van der Waals surface area contributed by atoms with Crippen molar-refractivity contribution in [1.29, 1.82) is 0 Å². The summed E-state index contributed by atoms with van der Waals surface area (Å²) < 4.78 is 11.2. The highest BCUT2D eigenvalue weighted by Crippen LogP contribution is 2.42. The van der Waals surface area contributed by atoms with Crippen LogP contribution in [0, 0.1) is 0 Å². The number of fused-ring (bicyclic) bond motifs is 10. The van der Waals surface area contributed by atoms with Crippen LogP contribution in [0.3, 0.4) is 0 Å². The Morgan fingerprint density at radius 2 is 1.00 bits per heavy atom. The second-order valence-corrected chi connectivity index (χ2v) is 11.7. The average Bonchev–Trinajstić information content (AvgIpc) is 3.76. The Hall–Kier alpha value is -6.06. The van der Waals surface area contributed by atoms with Crippen molar-refractivity contribution in [2.45, 2.75) is 0 Å². The molecule has 0 fully saturated rings. The molecule has 10 rings (SSSR count). The largest absolute Gasteiger partial charge is 0.456 e. The van der Waals surface area contributed by atoms with Gasteiger partial charge >= 0.3 is 0 Å². The Labute approximate surface area is 258 Å². The van der Waals surface area contributed by atoms with Gasteiger partial charge in [-0.1, -0.05) is 103 Å². The highest BCUT2D eigenvalue weighted by atomic mass is 16.3. The fraction of sp³-hybridized carbons (Fsp3) is 0. The van der Waals surface area contributed by atoms with Crippen LogP contribution in [-0.2, 0) is 0 Å². The summed E-state index contributed by atoms with van der Waals surface area (Å²) in [6, 6.07) is 56.5. The molecule has 0 aliphatic heterocycles. The van der Waals surface area contributed by atoms with E-state index in [9.17, 15) is 0 Å². The minimum atomic E-state index is 0.901. The number of hydrogen-bond donors (Lipinski definition) is 0. The Kier molecular flexibility index (Phi) is 5.00. The molecule has 7 aromatic carbocycles. The Morgan fingerprint density at radius 3 is 1.76 bits per heavy atom. The Bertz CT molecular complexity index is 2720. The lowest BCUT2D eigenvalue weighted by atomic mass is 10.0. The number of furan rings is 1. The molecule has 10 aromatic rings. The highest BCUT2D eigenvalue weighted by Gasteiger charge is 2.21. The minimum Gasteiger partial charge on any atom is -0.456 e. The minimum absolute atomic E-state index is 0.901. The monoisotopic (exact) mass is 574 g/mol. The van der Waals surface area contributed by atoms with E-state index in [0.29, 0.717) is 0 Å². The molecule has 3 heteroatoms. The van der Waals surface area contributed by atoms with Gasteiger partial charge in [-0.15, -0.1) is 0 Å². The zero-order valence-electron chi connectivity index (χ0n) is 24.3. The summed E-state index contributed by atoms with van der Waals surface area (Å²) in [4.78, 5) is 0. The van der Waals surface area contributed by atoms with Crippen molar-refractivity contribution in [2.75, 3.05) is 0 Å². The molecule has 0 amide bonds. The van der Waals surface area contributed by atoms with E-state index in [1.807, 2.05) is 6.07 Å². The molecule has 0 aliphatic carbocycles. The van der Waals surface area contributed by atoms with Crippen LogP contribution in [0.25, 0.3) is 88.1 Å². The fourth-order valence-corrected chi connectivity index (χ4v) is 7.44. The zero-order chi connectivity index (χ0) is 29.5. The van der Waals surface area contributed by atoms with Gasteiger partial charge in [-0.25, -0.2) is 0 Å². The number of para-hydroxylation sites is 5. The molecule has 0 atom stereocenters. The summed E-state index contributed by atoms with van der Waals surface area (Å²) in [5, 5.41) is 7.26. The normalized spacial score (nSPS) is 12.0. The number of nitrogens with zero attached hydrogens (tertiary/aromatic N) is 2. The molecule has 0 aliphatic rings. The van der Waals surface area contributed by atoms with E-state index in [4.69, 9.17) is 4.42 Å². The van der Waals surface area contributed by atoms with Gasteiger partial charge in [0.05, 0.1) is 33.1 Å². The van der Waals surface area contributed by atoms with Gasteiger partial charge in [0, 0.05) is 38.2 Å². The van der Waals surface area contributed by atoms with Gasteiger partial charge in [-0.05, 0) is 60.2 Å². The SMILES string of the molecule is c1cc(-c2ccccc2-n2c3ccccc3c3ccc4oc5ccccc5c4c32)cc(-n2c3ccccc3c3ccccc32)c1. The summed E-state index contributed by atoms with van der Waals surface area (Å²) in [6.45, 7) is 0. The summed E-state index contributed by atoms with van der Waals surface area (Å²) in [6.07, 6.45) is 0. The van der Waals surface area contributed by atoms with E-state index in [1.165, 1.54) is 54.7 Å². The second-order valence-electron chi connectivity index (χ2n) is 11.7. The first-order valence-corrected chi connectivity index (χ1v) is 15.4. The molecule has 0 bridgehead atoms. The average molecular weight is 575 g/mol. The molecule has 0 unspecified atom stereocenters. The molecule has 210 valence electrons. The van der Waals surface area contributed by atoms with E-state index < -0.39 is 0 Å². The molecule has 0 spiro atoms. The summed E-state index contributed by atoms with van der Waals surface area (Å²) >= 11 is 0. The number of hydrogen-bond acceptors (Lipinski definition) is 1. The molecule has 3 nitrogen and oxygen atoms in total. The number of rotatable bonds is 3. The van der Waals surface area contributed by atoms with E-state index in [2.05, 4.69) is 161 Å². The van der Waals surface area contributed by atoms with Crippen molar-refractivity contribution in [1.82, 2.24) is 9.13 Å². The number of aromatic nitrogens is 2. The van der Waals surface area contributed by atoms with Crippen molar-refractivity contribution < 1.29 is 4.42 Å².